The lowest BCUT2D eigenvalue weighted by Gasteiger charge is -2.17. The van der Waals surface area contributed by atoms with Gasteiger partial charge in [0.25, 0.3) is 11.6 Å². The van der Waals surface area contributed by atoms with Gasteiger partial charge < -0.3 is 14.8 Å². The zero-order valence-corrected chi connectivity index (χ0v) is 13.8. The first-order valence-electron chi connectivity index (χ1n) is 7.37. The van der Waals surface area contributed by atoms with Gasteiger partial charge in [-0.3, -0.25) is 14.9 Å². The van der Waals surface area contributed by atoms with Crippen molar-refractivity contribution in [3.05, 3.63) is 32.8 Å². The summed E-state index contributed by atoms with van der Waals surface area (Å²) in [5.74, 6) is -0.372. The van der Waals surface area contributed by atoms with Crippen molar-refractivity contribution in [2.45, 2.75) is 38.9 Å². The van der Waals surface area contributed by atoms with Crippen molar-refractivity contribution in [1.82, 2.24) is 0 Å². The second-order valence-electron chi connectivity index (χ2n) is 5.48. The second-order valence-corrected chi connectivity index (χ2v) is 5.88. The van der Waals surface area contributed by atoms with Gasteiger partial charge in [0.1, 0.15) is 11.1 Å². The number of carbonyl (C=O) groups excluding carboxylic acids is 1. The van der Waals surface area contributed by atoms with E-state index in [0.29, 0.717) is 17.9 Å². The Bertz CT molecular complexity index is 602. The Morgan fingerprint density at radius 1 is 1.61 bits per heavy atom. The Kier molecular flexibility index (Phi) is 5.92. The van der Waals surface area contributed by atoms with E-state index in [0.717, 1.165) is 19.4 Å². The minimum absolute atomic E-state index is 0.0311. The maximum Gasteiger partial charge on any atom is 0.289 e. The Hall–Kier alpha value is -1.70. The van der Waals surface area contributed by atoms with E-state index >= 15 is 0 Å². The van der Waals surface area contributed by atoms with Crippen molar-refractivity contribution in [2.24, 2.45) is 0 Å². The van der Waals surface area contributed by atoms with Crippen LogP contribution in [0.15, 0.2) is 12.1 Å². The van der Waals surface area contributed by atoms with E-state index in [1.807, 2.05) is 0 Å². The van der Waals surface area contributed by atoms with E-state index in [2.05, 4.69) is 5.32 Å². The molecule has 2 rings (SSSR count). The Morgan fingerprint density at radius 2 is 2.35 bits per heavy atom. The van der Waals surface area contributed by atoms with Crippen LogP contribution in [0.2, 0.25) is 5.02 Å². The van der Waals surface area contributed by atoms with Gasteiger partial charge >= 0.3 is 0 Å². The molecule has 7 nitrogen and oxygen atoms in total. The molecule has 1 heterocycles. The molecule has 1 aliphatic rings. The highest BCUT2D eigenvalue weighted by Gasteiger charge is 2.22. The summed E-state index contributed by atoms with van der Waals surface area (Å²) < 4.78 is 10.9. The molecule has 1 aromatic carbocycles. The van der Waals surface area contributed by atoms with Crippen molar-refractivity contribution in [3.8, 4) is 0 Å². The average Bonchev–Trinajstić information content (AvgIpc) is 3.00. The molecule has 0 spiro atoms. The van der Waals surface area contributed by atoms with Crippen LogP contribution in [-0.4, -0.2) is 36.3 Å². The highest BCUT2D eigenvalue weighted by molar-refractivity contribution is 6.32. The van der Waals surface area contributed by atoms with Crippen molar-refractivity contribution in [2.75, 3.05) is 18.5 Å². The quantitative estimate of drug-likeness (QED) is 0.633. The predicted octanol–water partition coefficient (Wildman–Crippen LogP) is 3.08. The molecular weight excluding hydrogens is 324 g/mol. The number of aryl methyl sites for hydroxylation is 1. The van der Waals surface area contributed by atoms with Crippen LogP contribution in [0, 0.1) is 17.0 Å². The van der Waals surface area contributed by atoms with E-state index in [4.69, 9.17) is 21.1 Å². The van der Waals surface area contributed by atoms with E-state index in [9.17, 15) is 14.9 Å². The molecule has 0 unspecified atom stereocenters. The lowest BCUT2D eigenvalue weighted by atomic mass is 10.1. The van der Waals surface area contributed by atoms with Gasteiger partial charge in [0.05, 0.1) is 23.3 Å². The van der Waals surface area contributed by atoms with Crippen LogP contribution in [0.25, 0.3) is 0 Å². The number of hydrogen-bond acceptors (Lipinski definition) is 5. The molecule has 23 heavy (non-hydrogen) atoms. The third kappa shape index (κ3) is 4.63. The Morgan fingerprint density at radius 3 is 2.96 bits per heavy atom. The van der Waals surface area contributed by atoms with E-state index in [1.54, 1.807) is 13.8 Å². The number of anilines is 1. The number of amides is 1. The van der Waals surface area contributed by atoms with Gasteiger partial charge in [-0.05, 0) is 38.3 Å². The molecule has 0 aliphatic carbocycles. The average molecular weight is 343 g/mol. The van der Waals surface area contributed by atoms with Crippen LogP contribution in [0.3, 0.4) is 0 Å². The van der Waals surface area contributed by atoms with Crippen LogP contribution >= 0.6 is 11.6 Å². The Labute approximate surface area is 139 Å². The van der Waals surface area contributed by atoms with Gasteiger partial charge in [0, 0.05) is 12.7 Å². The van der Waals surface area contributed by atoms with E-state index in [1.165, 1.54) is 12.1 Å². The standard InChI is InChI=1S/C15H19ClN2O5/c1-9-6-12(16)14(18(20)21)7-13(9)17-15(19)10(2)23-8-11-4-3-5-22-11/h6-7,10-11H,3-5,8H2,1-2H3,(H,17,19)/t10-,11+/m1/s1. The summed E-state index contributed by atoms with van der Waals surface area (Å²) in [5.41, 5.74) is 0.736. The molecule has 1 fully saturated rings. The lowest BCUT2D eigenvalue weighted by Crippen LogP contribution is -2.30. The molecule has 1 aromatic rings. The van der Waals surface area contributed by atoms with Gasteiger partial charge in [-0.1, -0.05) is 11.6 Å². The van der Waals surface area contributed by atoms with E-state index < -0.39 is 11.0 Å². The number of halogens is 1. The fourth-order valence-corrected chi connectivity index (χ4v) is 2.56. The maximum atomic E-state index is 12.2. The number of carbonyl (C=O) groups is 1. The smallest absolute Gasteiger partial charge is 0.289 e. The summed E-state index contributed by atoms with van der Waals surface area (Å²) in [6.07, 6.45) is 1.27. The van der Waals surface area contributed by atoms with Gasteiger partial charge in [0.2, 0.25) is 0 Å². The first-order valence-corrected chi connectivity index (χ1v) is 7.75. The molecule has 8 heteroatoms. The minimum Gasteiger partial charge on any atom is -0.376 e. The predicted molar refractivity (Wildman–Crippen MR) is 85.9 cm³/mol. The highest BCUT2D eigenvalue weighted by Crippen LogP contribution is 2.30. The van der Waals surface area contributed by atoms with Crippen molar-refractivity contribution < 1.29 is 19.2 Å². The first kappa shape index (κ1) is 17.7. The van der Waals surface area contributed by atoms with Gasteiger partial charge in [-0.2, -0.15) is 0 Å². The summed E-state index contributed by atoms with van der Waals surface area (Å²) in [7, 11) is 0. The summed E-state index contributed by atoms with van der Waals surface area (Å²) in [5, 5.41) is 13.6. The van der Waals surface area contributed by atoms with Crippen molar-refractivity contribution >= 4 is 28.9 Å². The molecule has 0 aromatic heterocycles. The molecule has 1 N–H and O–H groups in total. The Balaban J connectivity index is 1.98. The third-order valence-electron chi connectivity index (χ3n) is 3.67. The third-order valence-corrected chi connectivity index (χ3v) is 3.98. The normalized spacial score (nSPS) is 18.7. The van der Waals surface area contributed by atoms with Gasteiger partial charge in [0.15, 0.2) is 0 Å². The first-order chi connectivity index (χ1) is 10.9. The van der Waals surface area contributed by atoms with Gasteiger partial charge in [-0.25, -0.2) is 0 Å². The SMILES string of the molecule is Cc1cc(Cl)c([N+](=O)[O-])cc1NC(=O)[C@@H](C)OC[C@@H]1CCCO1. The fourth-order valence-electron chi connectivity index (χ4n) is 2.27. The molecular formula is C15H19ClN2O5. The molecule has 0 radical (unpaired) electrons. The van der Waals surface area contributed by atoms with Crippen LogP contribution < -0.4 is 5.32 Å². The number of ether oxygens (including phenoxy) is 2. The topological polar surface area (TPSA) is 90.7 Å². The second kappa shape index (κ2) is 7.72. The van der Waals surface area contributed by atoms with Gasteiger partial charge in [-0.15, -0.1) is 0 Å². The molecule has 1 amide bonds. The number of rotatable bonds is 6. The number of nitrogens with zero attached hydrogens (tertiary/aromatic N) is 1. The number of nitro benzene ring substituents is 1. The fraction of sp³-hybridized carbons (Fsp3) is 0.533. The summed E-state index contributed by atoms with van der Waals surface area (Å²) >= 11 is 5.83. The molecule has 0 saturated carbocycles. The number of nitro groups is 1. The molecule has 126 valence electrons. The molecule has 1 aliphatic heterocycles. The molecule has 0 bridgehead atoms. The summed E-state index contributed by atoms with van der Waals surface area (Å²) in [6, 6.07) is 2.70. The molecule has 1 saturated heterocycles. The number of hydrogen-bond donors (Lipinski definition) is 1. The zero-order chi connectivity index (χ0) is 17.0. The number of benzene rings is 1. The maximum absolute atomic E-state index is 12.2. The summed E-state index contributed by atoms with van der Waals surface area (Å²) in [4.78, 5) is 22.5. The van der Waals surface area contributed by atoms with E-state index in [-0.39, 0.29) is 22.7 Å². The van der Waals surface area contributed by atoms with Crippen LogP contribution in [0.1, 0.15) is 25.3 Å². The minimum atomic E-state index is -0.687. The van der Waals surface area contributed by atoms with Crippen molar-refractivity contribution in [3.63, 3.8) is 0 Å². The number of nitrogens with one attached hydrogen (secondary N) is 1. The lowest BCUT2D eigenvalue weighted by molar-refractivity contribution is -0.384. The highest BCUT2D eigenvalue weighted by atomic mass is 35.5. The van der Waals surface area contributed by atoms with Crippen LogP contribution in [0.5, 0.6) is 0 Å². The van der Waals surface area contributed by atoms with Crippen LogP contribution in [-0.2, 0) is 14.3 Å². The largest absolute Gasteiger partial charge is 0.376 e. The molecule has 2 atom stereocenters. The summed E-state index contributed by atoms with van der Waals surface area (Å²) in [6.45, 7) is 4.42. The monoisotopic (exact) mass is 342 g/mol. The zero-order valence-electron chi connectivity index (χ0n) is 13.0. The van der Waals surface area contributed by atoms with Crippen LogP contribution in [0.4, 0.5) is 11.4 Å². The van der Waals surface area contributed by atoms with Crippen molar-refractivity contribution in [1.29, 1.82) is 0 Å².